The standard InChI is InChI=1S/C21H21NO/c1-14-6-8-16(9-7-14)23-21-11-10-18(19-13-20(19)21)17-5-4-12-22(3)15(17)2/h4-12,19-20H,2,13H2,1,3H3. The number of hydrogen-bond donors (Lipinski definition) is 0. The summed E-state index contributed by atoms with van der Waals surface area (Å²) in [6, 6.07) is 8.25. The van der Waals surface area contributed by atoms with Gasteiger partial charge in [-0.3, -0.25) is 0 Å². The summed E-state index contributed by atoms with van der Waals surface area (Å²) in [5, 5.41) is 0. The first-order valence-corrected chi connectivity index (χ1v) is 8.11. The summed E-state index contributed by atoms with van der Waals surface area (Å²) >= 11 is 0. The van der Waals surface area contributed by atoms with E-state index >= 15 is 0 Å². The molecule has 2 nitrogen and oxygen atoms in total. The van der Waals surface area contributed by atoms with Crippen LogP contribution in [-0.2, 0) is 0 Å². The summed E-state index contributed by atoms with van der Waals surface area (Å²) < 4.78 is 6.10. The van der Waals surface area contributed by atoms with Crippen LogP contribution in [0.15, 0.2) is 84.0 Å². The van der Waals surface area contributed by atoms with Crippen molar-refractivity contribution >= 4 is 0 Å². The minimum Gasteiger partial charge on any atom is -0.461 e. The first kappa shape index (κ1) is 14.1. The molecule has 23 heavy (non-hydrogen) atoms. The maximum atomic E-state index is 6.10. The highest BCUT2D eigenvalue weighted by atomic mass is 16.5. The minimum atomic E-state index is 0.515. The summed E-state index contributed by atoms with van der Waals surface area (Å²) in [4.78, 5) is 2.08. The van der Waals surface area contributed by atoms with Crippen LogP contribution in [0.25, 0.3) is 0 Å². The highest BCUT2D eigenvalue weighted by Crippen LogP contribution is 2.54. The van der Waals surface area contributed by atoms with Gasteiger partial charge in [-0.1, -0.05) is 36.4 Å². The molecule has 0 bridgehead atoms. The van der Waals surface area contributed by atoms with Gasteiger partial charge in [0.05, 0.1) is 0 Å². The average Bonchev–Trinajstić information content (AvgIpc) is 3.34. The Balaban J connectivity index is 1.57. The zero-order valence-electron chi connectivity index (χ0n) is 13.6. The molecule has 2 atom stereocenters. The van der Waals surface area contributed by atoms with Crippen LogP contribution in [0.5, 0.6) is 5.75 Å². The number of ether oxygens (including phenoxy) is 1. The van der Waals surface area contributed by atoms with Gasteiger partial charge in [0.15, 0.2) is 0 Å². The van der Waals surface area contributed by atoms with Gasteiger partial charge in [-0.15, -0.1) is 0 Å². The summed E-state index contributed by atoms with van der Waals surface area (Å²) in [5.74, 6) is 3.10. The molecule has 0 saturated heterocycles. The van der Waals surface area contributed by atoms with Crippen molar-refractivity contribution in [3.8, 4) is 5.75 Å². The van der Waals surface area contributed by atoms with Crippen LogP contribution in [0.3, 0.4) is 0 Å². The monoisotopic (exact) mass is 303 g/mol. The molecule has 2 unspecified atom stereocenters. The quantitative estimate of drug-likeness (QED) is 0.800. The second-order valence-electron chi connectivity index (χ2n) is 6.53. The third kappa shape index (κ3) is 2.55. The van der Waals surface area contributed by atoms with Gasteiger partial charge < -0.3 is 9.64 Å². The van der Waals surface area contributed by atoms with Crippen LogP contribution in [0.1, 0.15) is 12.0 Å². The molecule has 0 aromatic heterocycles. The number of likely N-dealkylation sites (N-methyl/N-ethyl adjacent to an activating group) is 1. The molecule has 1 fully saturated rings. The Kier molecular flexibility index (Phi) is 3.26. The minimum absolute atomic E-state index is 0.515. The Labute approximate surface area is 137 Å². The largest absolute Gasteiger partial charge is 0.461 e. The van der Waals surface area contributed by atoms with Gasteiger partial charge >= 0.3 is 0 Å². The lowest BCUT2D eigenvalue weighted by Gasteiger charge is -2.26. The maximum absolute atomic E-state index is 6.10. The van der Waals surface area contributed by atoms with E-state index in [2.05, 4.69) is 54.8 Å². The molecule has 0 radical (unpaired) electrons. The molecular weight excluding hydrogens is 282 g/mol. The first-order valence-electron chi connectivity index (χ1n) is 8.11. The van der Waals surface area contributed by atoms with Gasteiger partial charge in [-0.05, 0) is 49.1 Å². The van der Waals surface area contributed by atoms with Crippen LogP contribution < -0.4 is 4.74 Å². The fraction of sp³-hybridized carbons (Fsp3) is 0.238. The Morgan fingerprint density at radius 2 is 1.87 bits per heavy atom. The number of benzene rings is 1. The number of rotatable bonds is 3. The molecule has 1 aliphatic heterocycles. The van der Waals surface area contributed by atoms with Crippen molar-refractivity contribution in [2.24, 2.45) is 11.8 Å². The van der Waals surface area contributed by atoms with Crippen molar-refractivity contribution < 1.29 is 4.74 Å². The zero-order chi connectivity index (χ0) is 16.0. The lowest BCUT2D eigenvalue weighted by Crippen LogP contribution is -2.16. The van der Waals surface area contributed by atoms with Gasteiger partial charge in [-0.25, -0.2) is 0 Å². The zero-order valence-corrected chi connectivity index (χ0v) is 13.6. The van der Waals surface area contributed by atoms with E-state index in [9.17, 15) is 0 Å². The van der Waals surface area contributed by atoms with Crippen LogP contribution in [0.2, 0.25) is 0 Å². The predicted octanol–water partition coefficient (Wildman–Crippen LogP) is 4.73. The number of nitrogens with zero attached hydrogens (tertiary/aromatic N) is 1. The summed E-state index contributed by atoms with van der Waals surface area (Å²) in [5.41, 5.74) is 4.97. The fourth-order valence-electron chi connectivity index (χ4n) is 3.32. The van der Waals surface area contributed by atoms with Crippen molar-refractivity contribution in [1.29, 1.82) is 0 Å². The van der Waals surface area contributed by atoms with Gasteiger partial charge in [0.1, 0.15) is 11.5 Å². The molecule has 2 aliphatic carbocycles. The van der Waals surface area contributed by atoms with Gasteiger partial charge in [0, 0.05) is 30.4 Å². The maximum Gasteiger partial charge on any atom is 0.126 e. The predicted molar refractivity (Wildman–Crippen MR) is 93.7 cm³/mol. The van der Waals surface area contributed by atoms with Crippen molar-refractivity contribution in [2.75, 3.05) is 7.05 Å². The SMILES string of the molecule is C=C1C(C2=CC=C(Oc3ccc(C)cc3)C3CC23)=CC=CN1C. The summed E-state index contributed by atoms with van der Waals surface area (Å²) in [6.07, 6.45) is 11.8. The number of aryl methyl sites for hydroxylation is 1. The van der Waals surface area contributed by atoms with Crippen LogP contribution in [0, 0.1) is 18.8 Å². The summed E-state index contributed by atoms with van der Waals surface area (Å²) in [7, 11) is 2.04. The van der Waals surface area contributed by atoms with E-state index in [1.54, 1.807) is 0 Å². The van der Waals surface area contributed by atoms with Crippen molar-refractivity contribution in [3.63, 3.8) is 0 Å². The van der Waals surface area contributed by atoms with Crippen molar-refractivity contribution in [2.45, 2.75) is 13.3 Å². The fourth-order valence-corrected chi connectivity index (χ4v) is 3.32. The van der Waals surface area contributed by atoms with E-state index in [1.165, 1.54) is 23.1 Å². The Morgan fingerprint density at radius 3 is 2.65 bits per heavy atom. The van der Waals surface area contributed by atoms with E-state index in [1.807, 2.05) is 25.4 Å². The second-order valence-corrected chi connectivity index (χ2v) is 6.53. The molecule has 0 spiro atoms. The topological polar surface area (TPSA) is 12.5 Å². The molecule has 4 rings (SSSR count). The van der Waals surface area contributed by atoms with Crippen LogP contribution in [0.4, 0.5) is 0 Å². The lowest BCUT2D eigenvalue weighted by atomic mass is 9.92. The third-order valence-electron chi connectivity index (χ3n) is 4.86. The molecule has 116 valence electrons. The van der Waals surface area contributed by atoms with Gasteiger partial charge in [0.2, 0.25) is 0 Å². The molecule has 1 saturated carbocycles. The molecule has 2 heteroatoms. The lowest BCUT2D eigenvalue weighted by molar-refractivity contribution is 0.388. The highest BCUT2D eigenvalue weighted by molar-refractivity contribution is 5.55. The van der Waals surface area contributed by atoms with Gasteiger partial charge in [0.25, 0.3) is 0 Å². The molecule has 0 amide bonds. The molecule has 0 N–H and O–H groups in total. The van der Waals surface area contributed by atoms with E-state index in [-0.39, 0.29) is 0 Å². The first-order chi connectivity index (χ1) is 11.1. The highest BCUT2D eigenvalue weighted by Gasteiger charge is 2.46. The number of hydrogen-bond acceptors (Lipinski definition) is 2. The molecule has 1 aromatic carbocycles. The normalized spacial score (nSPS) is 25.4. The Bertz CT molecular complexity index is 777. The Morgan fingerprint density at radius 1 is 1.09 bits per heavy atom. The van der Waals surface area contributed by atoms with Crippen molar-refractivity contribution in [1.82, 2.24) is 4.90 Å². The Hall–Kier alpha value is -2.48. The van der Waals surface area contributed by atoms with E-state index in [0.29, 0.717) is 11.8 Å². The smallest absolute Gasteiger partial charge is 0.126 e. The van der Waals surface area contributed by atoms with E-state index < -0.39 is 0 Å². The second kappa shape index (κ2) is 5.31. The van der Waals surface area contributed by atoms with Gasteiger partial charge in [-0.2, -0.15) is 0 Å². The molecule has 3 aliphatic rings. The van der Waals surface area contributed by atoms with Crippen LogP contribution in [-0.4, -0.2) is 11.9 Å². The average molecular weight is 303 g/mol. The summed E-state index contributed by atoms with van der Waals surface area (Å²) in [6.45, 7) is 6.30. The van der Waals surface area contributed by atoms with E-state index in [0.717, 1.165) is 17.2 Å². The third-order valence-corrected chi connectivity index (χ3v) is 4.86. The number of allylic oxidation sites excluding steroid dienone is 6. The molecular formula is C21H21NO. The number of fused-ring (bicyclic) bond motifs is 1. The van der Waals surface area contributed by atoms with E-state index in [4.69, 9.17) is 4.74 Å². The molecule has 1 heterocycles. The molecule has 1 aromatic rings. The van der Waals surface area contributed by atoms with Crippen molar-refractivity contribution in [3.05, 3.63) is 89.5 Å². The van der Waals surface area contributed by atoms with Crippen LogP contribution >= 0.6 is 0 Å².